The van der Waals surface area contributed by atoms with Gasteiger partial charge in [-0.15, -0.1) is 5.10 Å². The third-order valence-electron chi connectivity index (χ3n) is 6.93. The quantitative estimate of drug-likeness (QED) is 0.343. The first-order valence-corrected chi connectivity index (χ1v) is 11.7. The second-order valence-corrected chi connectivity index (χ2v) is 9.42. The number of halogens is 1. The molecule has 0 bridgehead atoms. The number of carbonyl (C=O) groups excluding carboxylic acids is 2. The van der Waals surface area contributed by atoms with Crippen molar-refractivity contribution < 1.29 is 14.0 Å². The van der Waals surface area contributed by atoms with Crippen molar-refractivity contribution >= 4 is 28.5 Å². The zero-order valence-electron chi connectivity index (χ0n) is 20.2. The molecule has 1 aliphatic rings. The molecule has 9 heteroatoms. The molecule has 0 N–H and O–H groups in total. The first-order valence-electron chi connectivity index (χ1n) is 11.7. The summed E-state index contributed by atoms with van der Waals surface area (Å²) in [5, 5.41) is 5.47. The highest BCUT2D eigenvalue weighted by Gasteiger charge is 2.43. The number of hydrogen-bond donors (Lipinski definition) is 0. The van der Waals surface area contributed by atoms with Gasteiger partial charge in [0.1, 0.15) is 18.2 Å². The maximum atomic E-state index is 13.5. The zero-order chi connectivity index (χ0) is 25.3. The van der Waals surface area contributed by atoms with Crippen molar-refractivity contribution in [3.05, 3.63) is 88.9 Å². The van der Waals surface area contributed by atoms with E-state index in [0.717, 1.165) is 22.3 Å². The smallest absolute Gasteiger partial charge is 0.262 e. The molecule has 1 aliphatic heterocycles. The SMILES string of the molecule is Cc1c(C)n(-c2ccc(F)cc2)c2ncn3nc([C@H](C(C)C)N4C(=O)c5ccccc5C4=O)nc3c12. The minimum absolute atomic E-state index is 0.125. The summed E-state index contributed by atoms with van der Waals surface area (Å²) in [7, 11) is 0. The third kappa shape index (κ3) is 3.02. The van der Waals surface area contributed by atoms with Crippen LogP contribution in [0.3, 0.4) is 0 Å². The van der Waals surface area contributed by atoms with Gasteiger partial charge in [0.05, 0.1) is 16.5 Å². The fraction of sp³-hybridized carbons (Fsp3) is 0.222. The number of hydrogen-bond acceptors (Lipinski definition) is 5. The summed E-state index contributed by atoms with van der Waals surface area (Å²) >= 11 is 0. The average Bonchev–Trinajstić information content (AvgIpc) is 3.47. The molecule has 0 aliphatic carbocycles. The molecule has 5 aromatic rings. The molecule has 3 aromatic heterocycles. The number of amides is 2. The van der Waals surface area contributed by atoms with E-state index in [1.165, 1.54) is 17.0 Å². The van der Waals surface area contributed by atoms with Crippen molar-refractivity contribution in [1.82, 2.24) is 29.0 Å². The number of rotatable bonds is 4. The molecule has 8 nitrogen and oxygen atoms in total. The number of carbonyl (C=O) groups is 2. The van der Waals surface area contributed by atoms with Gasteiger partial charge in [0, 0.05) is 11.4 Å². The van der Waals surface area contributed by atoms with E-state index in [0.29, 0.717) is 28.2 Å². The van der Waals surface area contributed by atoms with Crippen molar-refractivity contribution in [2.45, 2.75) is 33.7 Å². The third-order valence-corrected chi connectivity index (χ3v) is 6.93. The standard InChI is InChI=1S/C27H23FN6O2/c1-14(2)22(34-26(35)19-7-5-6-8-20(19)27(34)36)23-30-25-21-15(3)16(4)33(18-11-9-17(28)10-12-18)24(21)29-13-32(25)31-23/h5-14,22H,1-4H3/t22-/m0/s1. The molecule has 1 atom stereocenters. The molecular weight excluding hydrogens is 459 g/mol. The Morgan fingerprint density at radius 3 is 2.14 bits per heavy atom. The predicted molar refractivity (Wildman–Crippen MR) is 132 cm³/mol. The van der Waals surface area contributed by atoms with Crippen LogP contribution in [0.25, 0.3) is 22.4 Å². The summed E-state index contributed by atoms with van der Waals surface area (Å²) in [6.45, 7) is 7.84. The summed E-state index contributed by atoms with van der Waals surface area (Å²) in [4.78, 5) is 37.3. The molecular formula is C27H23FN6O2. The van der Waals surface area contributed by atoms with Crippen LogP contribution in [0.15, 0.2) is 54.9 Å². The molecule has 0 saturated heterocycles. The normalized spacial score (nSPS) is 14.4. The second kappa shape index (κ2) is 7.81. The van der Waals surface area contributed by atoms with Crippen LogP contribution >= 0.6 is 0 Å². The van der Waals surface area contributed by atoms with Crippen LogP contribution in [0.2, 0.25) is 0 Å². The Morgan fingerprint density at radius 2 is 1.53 bits per heavy atom. The lowest BCUT2D eigenvalue weighted by Crippen LogP contribution is -2.37. The van der Waals surface area contributed by atoms with Crippen LogP contribution in [-0.2, 0) is 0 Å². The number of aromatic nitrogens is 5. The fourth-order valence-corrected chi connectivity index (χ4v) is 5.08. The van der Waals surface area contributed by atoms with Gasteiger partial charge in [-0.2, -0.15) is 0 Å². The van der Waals surface area contributed by atoms with E-state index in [-0.39, 0.29) is 23.5 Å². The molecule has 0 saturated carbocycles. The minimum Gasteiger partial charge on any atom is -0.298 e. The van der Waals surface area contributed by atoms with Crippen molar-refractivity contribution in [2.75, 3.05) is 0 Å². The Hall–Kier alpha value is -4.40. The first-order chi connectivity index (χ1) is 17.3. The van der Waals surface area contributed by atoms with Crippen molar-refractivity contribution in [3.63, 3.8) is 0 Å². The zero-order valence-corrected chi connectivity index (χ0v) is 20.2. The number of imide groups is 1. The van der Waals surface area contributed by atoms with Crippen LogP contribution in [0, 0.1) is 25.6 Å². The van der Waals surface area contributed by atoms with Gasteiger partial charge >= 0.3 is 0 Å². The van der Waals surface area contributed by atoms with Gasteiger partial charge in [-0.3, -0.25) is 19.1 Å². The highest BCUT2D eigenvalue weighted by molar-refractivity contribution is 6.21. The minimum atomic E-state index is -0.645. The van der Waals surface area contributed by atoms with Gasteiger partial charge in [0.25, 0.3) is 11.8 Å². The van der Waals surface area contributed by atoms with Gasteiger partial charge in [0.2, 0.25) is 0 Å². The Bertz CT molecular complexity index is 1660. The molecule has 4 heterocycles. The topological polar surface area (TPSA) is 85.4 Å². The van der Waals surface area contributed by atoms with Gasteiger partial charge in [-0.25, -0.2) is 18.9 Å². The van der Waals surface area contributed by atoms with Gasteiger partial charge in [-0.1, -0.05) is 26.0 Å². The van der Waals surface area contributed by atoms with Crippen LogP contribution in [-0.4, -0.2) is 40.9 Å². The van der Waals surface area contributed by atoms with Crippen LogP contribution in [0.1, 0.15) is 57.7 Å². The van der Waals surface area contributed by atoms with Crippen molar-refractivity contribution in [3.8, 4) is 5.69 Å². The van der Waals surface area contributed by atoms with Crippen LogP contribution in [0.5, 0.6) is 0 Å². The number of benzene rings is 2. The molecule has 0 fully saturated rings. The molecule has 180 valence electrons. The summed E-state index contributed by atoms with van der Waals surface area (Å²) < 4.78 is 17.1. The van der Waals surface area contributed by atoms with Crippen molar-refractivity contribution in [2.24, 2.45) is 5.92 Å². The van der Waals surface area contributed by atoms with E-state index in [4.69, 9.17) is 4.98 Å². The van der Waals surface area contributed by atoms with Crippen molar-refractivity contribution in [1.29, 1.82) is 0 Å². The van der Waals surface area contributed by atoms with E-state index in [2.05, 4.69) is 10.1 Å². The maximum absolute atomic E-state index is 13.5. The molecule has 0 unspecified atom stereocenters. The second-order valence-electron chi connectivity index (χ2n) is 9.42. The highest BCUT2D eigenvalue weighted by Crippen LogP contribution is 2.36. The molecule has 36 heavy (non-hydrogen) atoms. The van der Waals surface area contributed by atoms with Crippen LogP contribution < -0.4 is 0 Å². The predicted octanol–water partition coefficient (Wildman–Crippen LogP) is 4.82. The van der Waals surface area contributed by atoms with E-state index >= 15 is 0 Å². The van der Waals surface area contributed by atoms with Crippen LogP contribution in [0.4, 0.5) is 4.39 Å². The van der Waals surface area contributed by atoms with E-state index in [1.54, 1.807) is 47.2 Å². The highest BCUT2D eigenvalue weighted by atomic mass is 19.1. The number of aryl methyl sites for hydroxylation is 1. The molecule has 2 amide bonds. The Morgan fingerprint density at radius 1 is 0.889 bits per heavy atom. The van der Waals surface area contributed by atoms with Gasteiger partial charge < -0.3 is 0 Å². The lowest BCUT2D eigenvalue weighted by molar-refractivity contribution is 0.0529. The molecule has 0 spiro atoms. The van der Waals surface area contributed by atoms with E-state index < -0.39 is 6.04 Å². The number of fused-ring (bicyclic) bond motifs is 4. The average molecular weight is 483 g/mol. The summed E-state index contributed by atoms with van der Waals surface area (Å²) in [6, 6.07) is 12.4. The Labute approximate surface area is 206 Å². The lowest BCUT2D eigenvalue weighted by Gasteiger charge is -2.26. The molecule has 6 rings (SSSR count). The fourth-order valence-electron chi connectivity index (χ4n) is 5.08. The lowest BCUT2D eigenvalue weighted by atomic mass is 10.0. The molecule has 2 aromatic carbocycles. The van der Waals surface area contributed by atoms with Gasteiger partial charge in [0.15, 0.2) is 17.1 Å². The Kier molecular flexibility index (Phi) is 4.79. The molecule has 0 radical (unpaired) electrons. The number of nitrogens with zero attached hydrogens (tertiary/aromatic N) is 6. The largest absolute Gasteiger partial charge is 0.298 e. The monoisotopic (exact) mass is 482 g/mol. The summed E-state index contributed by atoms with van der Waals surface area (Å²) in [6.07, 6.45) is 1.58. The first kappa shape index (κ1) is 22.1. The summed E-state index contributed by atoms with van der Waals surface area (Å²) in [5.74, 6) is -0.744. The maximum Gasteiger partial charge on any atom is 0.262 e. The van der Waals surface area contributed by atoms with E-state index in [1.807, 2.05) is 32.3 Å². The van der Waals surface area contributed by atoms with Gasteiger partial charge in [-0.05, 0) is 61.7 Å². The Balaban J connectivity index is 1.52. The van der Waals surface area contributed by atoms with E-state index in [9.17, 15) is 14.0 Å². The summed E-state index contributed by atoms with van der Waals surface area (Å²) in [5.41, 5.74) is 4.74.